The lowest BCUT2D eigenvalue weighted by molar-refractivity contribution is -0.138. The topological polar surface area (TPSA) is 66.6 Å². The normalized spacial score (nSPS) is 19.7. The van der Waals surface area contributed by atoms with Gasteiger partial charge in [0.25, 0.3) is 5.91 Å². The van der Waals surface area contributed by atoms with Gasteiger partial charge in [-0.3, -0.25) is 9.59 Å². The molecule has 0 atom stereocenters. The van der Waals surface area contributed by atoms with Crippen molar-refractivity contribution in [3.8, 4) is 0 Å². The summed E-state index contributed by atoms with van der Waals surface area (Å²) in [6, 6.07) is 7.01. The van der Waals surface area contributed by atoms with Crippen LogP contribution in [0.25, 0.3) is 0 Å². The number of anilines is 1. The van der Waals surface area contributed by atoms with Crippen molar-refractivity contribution in [2.24, 2.45) is 5.92 Å². The number of nitrogens with two attached hydrogens (primary N) is 1. The van der Waals surface area contributed by atoms with Crippen LogP contribution in [0.3, 0.4) is 0 Å². The summed E-state index contributed by atoms with van der Waals surface area (Å²) >= 11 is 0. The van der Waals surface area contributed by atoms with Gasteiger partial charge in [-0.2, -0.15) is 0 Å². The highest BCUT2D eigenvalue weighted by Crippen LogP contribution is 2.26. The second kappa shape index (κ2) is 7.02. The molecule has 1 aliphatic carbocycles. The largest absolute Gasteiger partial charge is 0.399 e. The molecule has 0 unspecified atom stereocenters. The number of hydrogen-bond acceptors (Lipinski definition) is 3. The Kier molecular flexibility index (Phi) is 4.84. The minimum atomic E-state index is 0.0229. The lowest BCUT2D eigenvalue weighted by Gasteiger charge is -2.37. The van der Waals surface area contributed by atoms with Gasteiger partial charge in [0.2, 0.25) is 5.91 Å². The van der Waals surface area contributed by atoms with Gasteiger partial charge in [0.1, 0.15) is 0 Å². The average Bonchev–Trinajstić information content (AvgIpc) is 2.62. The standard InChI is InChI=1S/C18H25N3O2/c19-16-8-6-15(7-9-16)18(23)21-12-10-20(11-13-21)17(22)14-4-2-1-3-5-14/h6-9,14H,1-5,10-13,19H2. The monoisotopic (exact) mass is 315 g/mol. The van der Waals surface area contributed by atoms with E-state index in [0.29, 0.717) is 43.3 Å². The highest BCUT2D eigenvalue weighted by Gasteiger charge is 2.29. The van der Waals surface area contributed by atoms with Gasteiger partial charge < -0.3 is 15.5 Å². The Labute approximate surface area is 137 Å². The van der Waals surface area contributed by atoms with Crippen LogP contribution in [0.15, 0.2) is 24.3 Å². The lowest BCUT2D eigenvalue weighted by atomic mass is 9.88. The lowest BCUT2D eigenvalue weighted by Crippen LogP contribution is -2.52. The molecular formula is C18H25N3O2. The van der Waals surface area contributed by atoms with Crippen LogP contribution >= 0.6 is 0 Å². The number of benzene rings is 1. The molecule has 1 saturated carbocycles. The number of piperazine rings is 1. The van der Waals surface area contributed by atoms with Crippen LogP contribution in [0, 0.1) is 5.92 Å². The molecule has 1 heterocycles. The summed E-state index contributed by atoms with van der Waals surface area (Å²) in [7, 11) is 0. The molecule has 1 aromatic carbocycles. The van der Waals surface area contributed by atoms with Crippen LogP contribution in [-0.2, 0) is 4.79 Å². The number of amides is 2. The molecule has 1 aromatic rings. The van der Waals surface area contributed by atoms with Crippen molar-refractivity contribution in [1.82, 2.24) is 9.80 Å². The zero-order valence-electron chi connectivity index (χ0n) is 13.5. The second-order valence-corrected chi connectivity index (χ2v) is 6.57. The van der Waals surface area contributed by atoms with Gasteiger partial charge in [0.15, 0.2) is 0 Å². The molecule has 0 bridgehead atoms. The van der Waals surface area contributed by atoms with Crippen LogP contribution in [0.1, 0.15) is 42.5 Å². The molecular weight excluding hydrogens is 290 g/mol. The minimum absolute atomic E-state index is 0.0229. The summed E-state index contributed by atoms with van der Waals surface area (Å²) in [4.78, 5) is 28.8. The van der Waals surface area contributed by atoms with E-state index >= 15 is 0 Å². The predicted octanol–water partition coefficient (Wildman–Crippen LogP) is 2.13. The van der Waals surface area contributed by atoms with Gasteiger partial charge in [-0.1, -0.05) is 19.3 Å². The quantitative estimate of drug-likeness (QED) is 0.850. The number of carbonyl (C=O) groups excluding carboxylic acids is 2. The van der Waals surface area contributed by atoms with E-state index in [1.54, 1.807) is 24.3 Å². The molecule has 0 aromatic heterocycles. The third-order valence-electron chi connectivity index (χ3n) is 4.99. The first-order valence-electron chi connectivity index (χ1n) is 8.59. The summed E-state index contributed by atoms with van der Waals surface area (Å²) in [6.07, 6.45) is 5.67. The fraction of sp³-hybridized carbons (Fsp3) is 0.556. The molecule has 1 aliphatic heterocycles. The molecule has 2 aliphatic rings. The van der Waals surface area contributed by atoms with Crippen molar-refractivity contribution in [3.05, 3.63) is 29.8 Å². The third-order valence-corrected chi connectivity index (χ3v) is 4.99. The van der Waals surface area contributed by atoms with E-state index < -0.39 is 0 Å². The molecule has 1 saturated heterocycles. The predicted molar refractivity (Wildman–Crippen MR) is 89.9 cm³/mol. The molecule has 124 valence electrons. The van der Waals surface area contributed by atoms with E-state index in [1.807, 2.05) is 9.80 Å². The van der Waals surface area contributed by atoms with E-state index in [1.165, 1.54) is 19.3 Å². The van der Waals surface area contributed by atoms with Gasteiger partial charge in [-0.05, 0) is 37.1 Å². The van der Waals surface area contributed by atoms with Gasteiger partial charge in [0, 0.05) is 43.3 Å². The molecule has 5 nitrogen and oxygen atoms in total. The Bertz CT molecular complexity index is 556. The highest BCUT2D eigenvalue weighted by molar-refractivity contribution is 5.94. The summed E-state index contributed by atoms with van der Waals surface area (Å²) in [6.45, 7) is 2.52. The van der Waals surface area contributed by atoms with Crippen molar-refractivity contribution in [1.29, 1.82) is 0 Å². The summed E-state index contributed by atoms with van der Waals surface area (Å²) in [5.74, 6) is 0.530. The van der Waals surface area contributed by atoms with E-state index in [2.05, 4.69) is 0 Å². The van der Waals surface area contributed by atoms with Crippen molar-refractivity contribution >= 4 is 17.5 Å². The van der Waals surface area contributed by atoms with E-state index in [4.69, 9.17) is 5.73 Å². The van der Waals surface area contributed by atoms with Crippen molar-refractivity contribution in [2.45, 2.75) is 32.1 Å². The van der Waals surface area contributed by atoms with Crippen LogP contribution in [0.5, 0.6) is 0 Å². The second-order valence-electron chi connectivity index (χ2n) is 6.57. The average molecular weight is 315 g/mol. The van der Waals surface area contributed by atoms with E-state index in [-0.39, 0.29) is 11.8 Å². The summed E-state index contributed by atoms with van der Waals surface area (Å²) in [5, 5.41) is 0. The Hall–Kier alpha value is -2.04. The van der Waals surface area contributed by atoms with Crippen molar-refractivity contribution < 1.29 is 9.59 Å². The first-order chi connectivity index (χ1) is 11.1. The molecule has 2 N–H and O–H groups in total. The SMILES string of the molecule is Nc1ccc(C(=O)N2CCN(C(=O)C3CCCCC3)CC2)cc1. The molecule has 23 heavy (non-hydrogen) atoms. The Balaban J connectivity index is 1.54. The van der Waals surface area contributed by atoms with Crippen LogP contribution in [0.2, 0.25) is 0 Å². The maximum Gasteiger partial charge on any atom is 0.253 e. The number of nitrogens with zero attached hydrogens (tertiary/aromatic N) is 2. The van der Waals surface area contributed by atoms with Gasteiger partial charge in [-0.15, -0.1) is 0 Å². The summed E-state index contributed by atoms with van der Waals surface area (Å²) in [5.41, 5.74) is 6.97. The van der Waals surface area contributed by atoms with Crippen LogP contribution < -0.4 is 5.73 Å². The van der Waals surface area contributed by atoms with Crippen LogP contribution in [-0.4, -0.2) is 47.8 Å². The number of rotatable bonds is 2. The zero-order chi connectivity index (χ0) is 16.2. The molecule has 3 rings (SSSR count). The highest BCUT2D eigenvalue weighted by atomic mass is 16.2. The van der Waals surface area contributed by atoms with E-state index in [0.717, 1.165) is 12.8 Å². The number of nitrogen functional groups attached to an aromatic ring is 1. The maximum atomic E-state index is 12.5. The number of carbonyl (C=O) groups is 2. The molecule has 2 amide bonds. The Morgan fingerprint density at radius 2 is 1.43 bits per heavy atom. The fourth-order valence-corrected chi connectivity index (χ4v) is 3.55. The van der Waals surface area contributed by atoms with Gasteiger partial charge in [0.05, 0.1) is 0 Å². The molecule has 2 fully saturated rings. The smallest absolute Gasteiger partial charge is 0.253 e. The number of hydrogen-bond donors (Lipinski definition) is 1. The molecule has 5 heteroatoms. The van der Waals surface area contributed by atoms with Gasteiger partial charge >= 0.3 is 0 Å². The molecule has 0 radical (unpaired) electrons. The third kappa shape index (κ3) is 3.66. The Morgan fingerprint density at radius 1 is 0.870 bits per heavy atom. The zero-order valence-corrected chi connectivity index (χ0v) is 13.5. The summed E-state index contributed by atoms with van der Waals surface area (Å²) < 4.78 is 0. The Morgan fingerprint density at radius 3 is 2.04 bits per heavy atom. The first-order valence-corrected chi connectivity index (χ1v) is 8.59. The van der Waals surface area contributed by atoms with Gasteiger partial charge in [-0.25, -0.2) is 0 Å². The minimum Gasteiger partial charge on any atom is -0.399 e. The van der Waals surface area contributed by atoms with Crippen molar-refractivity contribution in [3.63, 3.8) is 0 Å². The fourth-order valence-electron chi connectivity index (χ4n) is 3.55. The first kappa shape index (κ1) is 15.8. The maximum absolute atomic E-state index is 12.5. The van der Waals surface area contributed by atoms with Crippen molar-refractivity contribution in [2.75, 3.05) is 31.9 Å². The van der Waals surface area contributed by atoms with Crippen LogP contribution in [0.4, 0.5) is 5.69 Å². The van der Waals surface area contributed by atoms with E-state index in [9.17, 15) is 9.59 Å². The molecule has 0 spiro atoms.